The number of hydrogen-bond donors (Lipinski definition) is 2. The lowest BCUT2D eigenvalue weighted by molar-refractivity contribution is -0.120. The normalized spacial score (nSPS) is 16.9. The van der Waals surface area contributed by atoms with Crippen molar-refractivity contribution in [3.63, 3.8) is 0 Å². The lowest BCUT2D eigenvalue weighted by Gasteiger charge is -2.39. The number of amides is 2. The minimum Gasteiger partial charge on any atom is -0.352 e. The highest BCUT2D eigenvalue weighted by atomic mass is 32.2. The number of anilines is 1. The van der Waals surface area contributed by atoms with E-state index in [1.807, 2.05) is 6.92 Å². The van der Waals surface area contributed by atoms with Crippen LogP contribution in [0.1, 0.15) is 23.7 Å². The van der Waals surface area contributed by atoms with Gasteiger partial charge in [-0.05, 0) is 42.8 Å². The first-order valence-electron chi connectivity index (χ1n) is 12.5. The number of nitrogens with one attached hydrogen (secondary N) is 2. The molecule has 2 N–H and O–H groups in total. The largest absolute Gasteiger partial charge is 0.352 e. The number of sulfonamides is 2. The quantitative estimate of drug-likeness (QED) is 0.406. The molecule has 1 aliphatic heterocycles. The van der Waals surface area contributed by atoms with Crippen LogP contribution in [0.15, 0.2) is 94.7 Å². The van der Waals surface area contributed by atoms with E-state index < -0.39 is 44.4 Å². The minimum atomic E-state index is -4.15. The predicted molar refractivity (Wildman–Crippen MR) is 147 cm³/mol. The number of nitrogens with zero attached hydrogens (tertiary/aromatic N) is 2. The fourth-order valence-corrected chi connectivity index (χ4v) is 7.32. The number of rotatable bonds is 9. The number of benzene rings is 3. The van der Waals surface area contributed by atoms with E-state index in [1.165, 1.54) is 30.3 Å². The molecule has 0 bridgehead atoms. The van der Waals surface area contributed by atoms with E-state index in [0.29, 0.717) is 6.54 Å². The van der Waals surface area contributed by atoms with Gasteiger partial charge in [0.2, 0.25) is 26.0 Å². The van der Waals surface area contributed by atoms with Crippen LogP contribution in [0.4, 0.5) is 5.69 Å². The topological polar surface area (TPSA) is 133 Å². The summed E-state index contributed by atoms with van der Waals surface area (Å²) in [6, 6.07) is 20.4. The third-order valence-electron chi connectivity index (χ3n) is 6.29. The highest BCUT2D eigenvalue weighted by Gasteiger charge is 2.43. The zero-order valence-electron chi connectivity index (χ0n) is 21.4. The van der Waals surface area contributed by atoms with E-state index in [-0.39, 0.29) is 34.1 Å². The molecule has 1 fully saturated rings. The van der Waals surface area contributed by atoms with Crippen molar-refractivity contribution >= 4 is 37.5 Å². The van der Waals surface area contributed by atoms with Gasteiger partial charge in [-0.2, -0.15) is 8.61 Å². The Bertz CT molecular complexity index is 1530. The Balaban J connectivity index is 1.69. The Hall–Kier alpha value is -3.58. The fraction of sp³-hybridized carbons (Fsp3) is 0.259. The van der Waals surface area contributed by atoms with Crippen LogP contribution >= 0.6 is 0 Å². The molecule has 2 amide bonds. The molecule has 10 nitrogen and oxygen atoms in total. The van der Waals surface area contributed by atoms with E-state index in [9.17, 15) is 26.4 Å². The summed E-state index contributed by atoms with van der Waals surface area (Å²) < 4.78 is 56.0. The van der Waals surface area contributed by atoms with Crippen LogP contribution in [0.5, 0.6) is 0 Å². The Kier molecular flexibility index (Phi) is 8.80. The molecule has 1 aliphatic rings. The van der Waals surface area contributed by atoms with Gasteiger partial charge in [-0.1, -0.05) is 55.5 Å². The van der Waals surface area contributed by atoms with Crippen LogP contribution in [0, 0.1) is 0 Å². The van der Waals surface area contributed by atoms with Crippen molar-refractivity contribution < 1.29 is 26.4 Å². The Morgan fingerprint density at radius 2 is 1.36 bits per heavy atom. The van der Waals surface area contributed by atoms with Gasteiger partial charge in [-0.3, -0.25) is 9.59 Å². The fourth-order valence-electron chi connectivity index (χ4n) is 4.27. The van der Waals surface area contributed by atoms with Gasteiger partial charge in [0.15, 0.2) is 0 Å². The Labute approximate surface area is 228 Å². The third kappa shape index (κ3) is 6.19. The van der Waals surface area contributed by atoms with Crippen molar-refractivity contribution in [1.82, 2.24) is 13.9 Å². The van der Waals surface area contributed by atoms with Crippen molar-refractivity contribution in [2.45, 2.75) is 29.2 Å². The second-order valence-electron chi connectivity index (χ2n) is 8.91. The summed E-state index contributed by atoms with van der Waals surface area (Å²) in [5.74, 6) is -1.14. The van der Waals surface area contributed by atoms with Crippen molar-refractivity contribution in [1.29, 1.82) is 0 Å². The Morgan fingerprint density at radius 3 is 1.97 bits per heavy atom. The zero-order chi connectivity index (χ0) is 28.0. The SMILES string of the molecule is CCCNC(=O)c1ccccc1NC(=O)[C@@H]1CN(S(=O)(=O)c2ccccc2)CCN1S(=O)(=O)c1ccccc1. The molecule has 1 saturated heterocycles. The monoisotopic (exact) mass is 570 g/mol. The van der Waals surface area contributed by atoms with Crippen molar-refractivity contribution in [3.05, 3.63) is 90.5 Å². The molecule has 0 aliphatic carbocycles. The highest BCUT2D eigenvalue weighted by molar-refractivity contribution is 7.89. The summed E-state index contributed by atoms with van der Waals surface area (Å²) in [6.45, 7) is 1.58. The van der Waals surface area contributed by atoms with Gasteiger partial charge in [0.25, 0.3) is 5.91 Å². The van der Waals surface area contributed by atoms with Crippen molar-refractivity contribution in [2.75, 3.05) is 31.5 Å². The van der Waals surface area contributed by atoms with E-state index in [4.69, 9.17) is 0 Å². The summed E-state index contributed by atoms with van der Waals surface area (Å²) in [5.41, 5.74) is 0.401. The molecule has 3 aromatic rings. The second kappa shape index (κ2) is 12.1. The molecule has 0 spiro atoms. The second-order valence-corrected chi connectivity index (χ2v) is 12.7. The summed E-state index contributed by atoms with van der Waals surface area (Å²) in [5, 5.41) is 5.43. The highest BCUT2D eigenvalue weighted by Crippen LogP contribution is 2.26. The molecule has 4 rings (SSSR count). The molecule has 206 valence electrons. The molecule has 3 aromatic carbocycles. The maximum absolute atomic E-state index is 13.7. The third-order valence-corrected chi connectivity index (χ3v) is 10.1. The first-order chi connectivity index (χ1) is 18.7. The predicted octanol–water partition coefficient (Wildman–Crippen LogP) is 2.53. The molecular formula is C27H30N4O6S2. The van der Waals surface area contributed by atoms with Crippen molar-refractivity contribution in [3.8, 4) is 0 Å². The van der Waals surface area contributed by atoms with Crippen LogP contribution in [0.25, 0.3) is 0 Å². The van der Waals surface area contributed by atoms with Crippen molar-refractivity contribution in [2.24, 2.45) is 0 Å². The van der Waals surface area contributed by atoms with E-state index in [0.717, 1.165) is 15.0 Å². The lowest BCUT2D eigenvalue weighted by Crippen LogP contribution is -2.60. The van der Waals surface area contributed by atoms with Gasteiger partial charge in [-0.25, -0.2) is 16.8 Å². The van der Waals surface area contributed by atoms with E-state index >= 15 is 0 Å². The van der Waals surface area contributed by atoms with Gasteiger partial charge in [0.05, 0.1) is 21.0 Å². The average Bonchev–Trinajstić information content (AvgIpc) is 2.96. The minimum absolute atomic E-state index is 0.0125. The number of carbonyl (C=O) groups is 2. The molecule has 1 atom stereocenters. The maximum atomic E-state index is 13.7. The first-order valence-corrected chi connectivity index (χ1v) is 15.3. The van der Waals surface area contributed by atoms with Crippen LogP contribution < -0.4 is 10.6 Å². The maximum Gasteiger partial charge on any atom is 0.253 e. The molecule has 12 heteroatoms. The van der Waals surface area contributed by atoms with Crippen LogP contribution in [-0.2, 0) is 24.8 Å². The number of hydrogen-bond acceptors (Lipinski definition) is 6. The molecule has 0 aromatic heterocycles. The van der Waals surface area contributed by atoms with Gasteiger partial charge < -0.3 is 10.6 Å². The molecule has 0 radical (unpaired) electrons. The Morgan fingerprint density at radius 1 is 0.795 bits per heavy atom. The molecule has 1 heterocycles. The van der Waals surface area contributed by atoms with Gasteiger partial charge in [-0.15, -0.1) is 0 Å². The first kappa shape index (κ1) is 28.4. The summed E-state index contributed by atoms with van der Waals surface area (Å²) >= 11 is 0. The van der Waals surface area contributed by atoms with Crippen LogP contribution in [-0.4, -0.2) is 69.5 Å². The lowest BCUT2D eigenvalue weighted by atomic mass is 10.1. The van der Waals surface area contributed by atoms with Crippen LogP contribution in [0.3, 0.4) is 0 Å². The number of para-hydroxylation sites is 1. The molecule has 0 saturated carbocycles. The smallest absolute Gasteiger partial charge is 0.253 e. The van der Waals surface area contributed by atoms with E-state index in [1.54, 1.807) is 54.6 Å². The molecule has 0 unspecified atom stereocenters. The van der Waals surface area contributed by atoms with E-state index in [2.05, 4.69) is 10.6 Å². The van der Waals surface area contributed by atoms with Gasteiger partial charge >= 0.3 is 0 Å². The summed E-state index contributed by atoms with van der Waals surface area (Å²) in [6.07, 6.45) is 0.723. The zero-order valence-corrected chi connectivity index (χ0v) is 23.0. The number of carbonyl (C=O) groups excluding carboxylic acids is 2. The molecular weight excluding hydrogens is 540 g/mol. The summed E-state index contributed by atoms with van der Waals surface area (Å²) in [4.78, 5) is 26.4. The average molecular weight is 571 g/mol. The van der Waals surface area contributed by atoms with Crippen LogP contribution in [0.2, 0.25) is 0 Å². The van der Waals surface area contributed by atoms with Gasteiger partial charge in [0.1, 0.15) is 6.04 Å². The number of piperazine rings is 1. The molecule has 39 heavy (non-hydrogen) atoms. The van der Waals surface area contributed by atoms with Gasteiger partial charge in [0, 0.05) is 26.2 Å². The summed E-state index contributed by atoms with van der Waals surface area (Å²) in [7, 11) is -8.15. The standard InChI is InChI=1S/C27H30N4O6S2/c1-2-17-28-26(32)23-15-9-10-16-24(23)29-27(33)25-20-30(38(34,35)21-11-5-3-6-12-21)18-19-31(25)39(36,37)22-13-7-4-8-14-22/h3-16,25H,2,17-20H2,1H3,(H,28,32)(H,29,33)/t25-/m0/s1.